The number of carbonyl (C=O) groups is 1. The number of fused-ring (bicyclic) bond motifs is 1. The summed E-state index contributed by atoms with van der Waals surface area (Å²) in [4.78, 5) is 33.5. The Bertz CT molecular complexity index is 1110. The van der Waals surface area contributed by atoms with E-state index in [0.29, 0.717) is 40.9 Å². The first-order chi connectivity index (χ1) is 13.1. The van der Waals surface area contributed by atoms with Crippen molar-refractivity contribution in [3.05, 3.63) is 77.1 Å². The average Bonchev–Trinajstić information content (AvgIpc) is 3.18. The number of carbonyl (C=O) groups excluding carboxylic acids is 1. The maximum absolute atomic E-state index is 14.0. The zero-order valence-corrected chi connectivity index (χ0v) is 14.6. The molecule has 1 aliphatic rings. The molecule has 2 aromatic carbocycles. The molecule has 0 spiro atoms. The molecule has 1 fully saturated rings. The number of aromatic nitrogens is 2. The topological polar surface area (TPSA) is 66.1 Å². The van der Waals surface area contributed by atoms with Gasteiger partial charge in [-0.05, 0) is 36.3 Å². The fraction of sp³-hybridized carbons (Fsp3) is 0.190. The molecule has 1 amide bonds. The number of H-pyrrole nitrogens is 1. The predicted octanol–water partition coefficient (Wildman–Crippen LogP) is 3.23. The number of halogens is 1. The molecule has 3 aromatic rings. The molecule has 1 aliphatic heterocycles. The highest BCUT2D eigenvalue weighted by Gasteiger charge is 2.28. The molecule has 6 heteroatoms. The van der Waals surface area contributed by atoms with Crippen molar-refractivity contribution in [3.63, 3.8) is 0 Å². The van der Waals surface area contributed by atoms with Crippen LogP contribution in [0.5, 0.6) is 0 Å². The summed E-state index contributed by atoms with van der Waals surface area (Å²) < 4.78 is 14.0. The van der Waals surface area contributed by atoms with E-state index in [1.54, 1.807) is 41.3 Å². The Labute approximate surface area is 155 Å². The van der Waals surface area contributed by atoms with E-state index >= 15 is 0 Å². The first kappa shape index (κ1) is 17.1. The molecule has 1 aromatic heterocycles. The highest BCUT2D eigenvalue weighted by Crippen LogP contribution is 2.27. The molecule has 4 rings (SSSR count). The zero-order valence-electron chi connectivity index (χ0n) is 14.6. The molecule has 0 radical (unpaired) electrons. The van der Waals surface area contributed by atoms with E-state index in [1.807, 2.05) is 0 Å². The third-order valence-electron chi connectivity index (χ3n) is 4.97. The third-order valence-corrected chi connectivity index (χ3v) is 4.97. The minimum absolute atomic E-state index is 0.0164. The minimum atomic E-state index is -0.337. The molecule has 5 nitrogen and oxygen atoms in total. The maximum atomic E-state index is 14.0. The Morgan fingerprint density at radius 1 is 1.30 bits per heavy atom. The summed E-state index contributed by atoms with van der Waals surface area (Å²) in [7, 11) is 0. The summed E-state index contributed by atoms with van der Waals surface area (Å²) in [5, 5.41) is 0.413. The van der Waals surface area contributed by atoms with Crippen LogP contribution in [0, 0.1) is 5.82 Å². The number of hydrogen-bond donors (Lipinski definition) is 1. The summed E-state index contributed by atoms with van der Waals surface area (Å²) >= 11 is 0. The van der Waals surface area contributed by atoms with Crippen LogP contribution in [0.4, 0.5) is 4.39 Å². The van der Waals surface area contributed by atoms with Gasteiger partial charge in [-0.2, -0.15) is 0 Å². The first-order valence-corrected chi connectivity index (χ1v) is 8.77. The van der Waals surface area contributed by atoms with E-state index in [4.69, 9.17) is 0 Å². The maximum Gasteiger partial charge on any atom is 0.258 e. The van der Waals surface area contributed by atoms with Crippen LogP contribution in [0.25, 0.3) is 22.0 Å². The zero-order chi connectivity index (χ0) is 19.0. The molecule has 1 unspecified atom stereocenters. The lowest BCUT2D eigenvalue weighted by molar-refractivity contribution is -0.125. The van der Waals surface area contributed by atoms with Crippen LogP contribution in [-0.2, 0) is 4.79 Å². The number of nitrogens with one attached hydrogen (secondary N) is 1. The van der Waals surface area contributed by atoms with Crippen LogP contribution in [0.2, 0.25) is 0 Å². The molecular formula is C21H18FN3O2. The second kappa shape index (κ2) is 6.79. The SMILES string of the molecule is C=CC(=O)N1CCC(c2nc3ccc(-c4ccccc4F)cc3c(=O)[nH]2)C1. The van der Waals surface area contributed by atoms with Crippen molar-refractivity contribution in [1.82, 2.24) is 14.9 Å². The van der Waals surface area contributed by atoms with Crippen LogP contribution in [-0.4, -0.2) is 33.9 Å². The second-order valence-corrected chi connectivity index (χ2v) is 6.64. The molecule has 2 heterocycles. The molecule has 1 saturated heterocycles. The molecule has 0 bridgehead atoms. The van der Waals surface area contributed by atoms with Crippen molar-refractivity contribution >= 4 is 16.8 Å². The highest BCUT2D eigenvalue weighted by molar-refractivity contribution is 5.87. The highest BCUT2D eigenvalue weighted by atomic mass is 19.1. The number of benzene rings is 2. The summed E-state index contributed by atoms with van der Waals surface area (Å²) in [6.45, 7) is 4.63. The number of amides is 1. The second-order valence-electron chi connectivity index (χ2n) is 6.64. The van der Waals surface area contributed by atoms with Crippen LogP contribution < -0.4 is 5.56 Å². The lowest BCUT2D eigenvalue weighted by atomic mass is 10.0. The Morgan fingerprint density at radius 3 is 2.89 bits per heavy atom. The standard InChI is InChI=1S/C21H18FN3O2/c1-2-19(26)25-10-9-14(12-25)20-23-18-8-7-13(11-16(18)21(27)24-20)15-5-3-4-6-17(15)22/h2-8,11,14H,1,9-10,12H2,(H,23,24,27). The van der Waals surface area contributed by atoms with Gasteiger partial charge < -0.3 is 9.88 Å². The van der Waals surface area contributed by atoms with Gasteiger partial charge in [-0.15, -0.1) is 0 Å². The predicted molar refractivity (Wildman–Crippen MR) is 102 cm³/mol. The quantitative estimate of drug-likeness (QED) is 0.727. The molecule has 1 atom stereocenters. The van der Waals surface area contributed by atoms with Crippen molar-refractivity contribution < 1.29 is 9.18 Å². The summed E-state index contributed by atoms with van der Waals surface area (Å²) in [6, 6.07) is 11.6. The molecule has 1 N–H and O–H groups in total. The van der Waals surface area contributed by atoms with E-state index in [9.17, 15) is 14.0 Å². The summed E-state index contributed by atoms with van der Waals surface area (Å²) in [5.41, 5.74) is 1.37. The van der Waals surface area contributed by atoms with Gasteiger partial charge in [0, 0.05) is 24.6 Å². The van der Waals surface area contributed by atoms with E-state index in [1.165, 1.54) is 12.1 Å². The Hall–Kier alpha value is -3.28. The number of likely N-dealkylation sites (tertiary alicyclic amines) is 1. The average molecular weight is 363 g/mol. The lowest BCUT2D eigenvalue weighted by Gasteiger charge is -2.14. The van der Waals surface area contributed by atoms with Crippen LogP contribution >= 0.6 is 0 Å². The number of aromatic amines is 1. The van der Waals surface area contributed by atoms with Crippen LogP contribution in [0.15, 0.2) is 59.9 Å². The van der Waals surface area contributed by atoms with Crippen molar-refractivity contribution in [3.8, 4) is 11.1 Å². The van der Waals surface area contributed by atoms with E-state index in [2.05, 4.69) is 16.5 Å². The van der Waals surface area contributed by atoms with Gasteiger partial charge in [0.1, 0.15) is 11.6 Å². The molecule has 27 heavy (non-hydrogen) atoms. The normalized spacial score (nSPS) is 16.6. The number of rotatable bonds is 3. The molecular weight excluding hydrogens is 345 g/mol. The van der Waals surface area contributed by atoms with Crippen molar-refractivity contribution in [2.24, 2.45) is 0 Å². The van der Waals surface area contributed by atoms with Gasteiger partial charge in [0.15, 0.2) is 0 Å². The van der Waals surface area contributed by atoms with Gasteiger partial charge in [-0.3, -0.25) is 9.59 Å². The van der Waals surface area contributed by atoms with E-state index < -0.39 is 0 Å². The van der Waals surface area contributed by atoms with Crippen molar-refractivity contribution in [1.29, 1.82) is 0 Å². The van der Waals surface area contributed by atoms with Gasteiger partial charge in [0.2, 0.25) is 5.91 Å². The van der Waals surface area contributed by atoms with Gasteiger partial charge in [0.25, 0.3) is 5.56 Å². The largest absolute Gasteiger partial charge is 0.338 e. The smallest absolute Gasteiger partial charge is 0.258 e. The molecule has 0 aliphatic carbocycles. The van der Waals surface area contributed by atoms with E-state index in [0.717, 1.165) is 6.42 Å². The number of nitrogens with zero attached hydrogens (tertiary/aromatic N) is 2. The molecule has 136 valence electrons. The Kier molecular flexibility index (Phi) is 4.32. The van der Waals surface area contributed by atoms with Gasteiger partial charge in [0.05, 0.1) is 10.9 Å². The fourth-order valence-electron chi connectivity index (χ4n) is 3.53. The summed E-state index contributed by atoms with van der Waals surface area (Å²) in [6.07, 6.45) is 2.03. The minimum Gasteiger partial charge on any atom is -0.338 e. The van der Waals surface area contributed by atoms with Crippen LogP contribution in [0.1, 0.15) is 18.2 Å². The molecule has 0 saturated carbocycles. The Morgan fingerprint density at radius 2 is 2.11 bits per heavy atom. The monoisotopic (exact) mass is 363 g/mol. The van der Waals surface area contributed by atoms with Crippen molar-refractivity contribution in [2.45, 2.75) is 12.3 Å². The van der Waals surface area contributed by atoms with Gasteiger partial charge in [-0.25, -0.2) is 9.37 Å². The summed E-state index contributed by atoms with van der Waals surface area (Å²) in [5.74, 6) is 0.105. The van der Waals surface area contributed by atoms with Gasteiger partial charge in [-0.1, -0.05) is 30.8 Å². The number of hydrogen-bond acceptors (Lipinski definition) is 3. The first-order valence-electron chi connectivity index (χ1n) is 8.77. The van der Waals surface area contributed by atoms with E-state index in [-0.39, 0.29) is 23.2 Å². The fourth-order valence-corrected chi connectivity index (χ4v) is 3.53. The van der Waals surface area contributed by atoms with Gasteiger partial charge >= 0.3 is 0 Å². The Balaban J connectivity index is 1.70. The lowest BCUT2D eigenvalue weighted by Crippen LogP contribution is -2.26. The third kappa shape index (κ3) is 3.14. The van der Waals surface area contributed by atoms with Crippen molar-refractivity contribution in [2.75, 3.05) is 13.1 Å². The van der Waals surface area contributed by atoms with Crippen LogP contribution in [0.3, 0.4) is 0 Å².